The summed E-state index contributed by atoms with van der Waals surface area (Å²) < 4.78 is 5.91. The van der Waals surface area contributed by atoms with Crippen molar-refractivity contribution in [3.05, 3.63) is 0 Å². The van der Waals surface area contributed by atoms with Crippen molar-refractivity contribution in [2.75, 3.05) is 0 Å². The van der Waals surface area contributed by atoms with E-state index in [1.807, 2.05) is 0 Å². The molecule has 1 aliphatic carbocycles. The molecule has 2 aliphatic heterocycles. The molecule has 2 heterocycles. The number of carbonyl (C=O) groups is 1. The summed E-state index contributed by atoms with van der Waals surface area (Å²) in [5, 5.41) is 9.87. The van der Waals surface area contributed by atoms with Crippen LogP contribution >= 0.6 is 0 Å². The van der Waals surface area contributed by atoms with Crippen LogP contribution in [0.25, 0.3) is 0 Å². The zero-order valence-electron chi connectivity index (χ0n) is 11.2. The number of hydrogen-bond donors (Lipinski definition) is 1. The molecule has 2 saturated heterocycles. The van der Waals surface area contributed by atoms with Crippen molar-refractivity contribution >= 4 is 5.97 Å². The molecule has 18 heavy (non-hydrogen) atoms. The van der Waals surface area contributed by atoms with Gasteiger partial charge in [0.25, 0.3) is 0 Å². The number of hydrogen-bond acceptors (Lipinski definition) is 2. The molecule has 0 aromatic heterocycles. The van der Waals surface area contributed by atoms with Crippen molar-refractivity contribution < 1.29 is 14.6 Å². The summed E-state index contributed by atoms with van der Waals surface area (Å²) in [6.07, 6.45) is 8.94. The van der Waals surface area contributed by atoms with Gasteiger partial charge in [0.05, 0.1) is 17.6 Å². The quantitative estimate of drug-likeness (QED) is 0.839. The van der Waals surface area contributed by atoms with E-state index in [1.54, 1.807) is 0 Å². The second kappa shape index (κ2) is 4.52. The maximum Gasteiger partial charge on any atom is 0.312 e. The first-order valence-corrected chi connectivity index (χ1v) is 7.57. The molecule has 0 spiro atoms. The molecule has 3 rings (SSSR count). The lowest BCUT2D eigenvalue weighted by atomic mass is 9.57. The standard InChI is InChI=1S/C15H24O3/c1-2-10-5-3-4-6-12(10)15(14(16)17)9-11-7-8-13(15)18-11/h10-13H,2-9H2,1H3,(H,16,17). The molecule has 3 nitrogen and oxygen atoms in total. The molecule has 3 fully saturated rings. The summed E-state index contributed by atoms with van der Waals surface area (Å²) >= 11 is 0. The number of carboxylic acid groups (broad SMARTS) is 1. The van der Waals surface area contributed by atoms with Crippen LogP contribution in [-0.2, 0) is 9.53 Å². The SMILES string of the molecule is CCC1CCCCC1C1(C(=O)O)CC2CCC1O2. The monoisotopic (exact) mass is 252 g/mol. The van der Waals surface area contributed by atoms with Crippen molar-refractivity contribution in [1.82, 2.24) is 0 Å². The number of rotatable bonds is 3. The Morgan fingerprint density at radius 1 is 1.28 bits per heavy atom. The van der Waals surface area contributed by atoms with Gasteiger partial charge in [-0.05, 0) is 37.5 Å². The summed E-state index contributed by atoms with van der Waals surface area (Å²) in [5.74, 6) is 0.363. The number of carboxylic acids is 1. The van der Waals surface area contributed by atoms with Gasteiger partial charge in [-0.1, -0.05) is 32.6 Å². The maximum atomic E-state index is 12.0. The second-order valence-corrected chi connectivity index (χ2v) is 6.43. The Kier molecular flexibility index (Phi) is 3.13. The highest BCUT2D eigenvalue weighted by Gasteiger charge is 2.62. The Morgan fingerprint density at radius 2 is 2.06 bits per heavy atom. The number of fused-ring (bicyclic) bond motifs is 2. The molecule has 5 atom stereocenters. The summed E-state index contributed by atoms with van der Waals surface area (Å²) in [6.45, 7) is 2.21. The molecule has 0 radical (unpaired) electrons. The zero-order valence-corrected chi connectivity index (χ0v) is 11.2. The van der Waals surface area contributed by atoms with Gasteiger partial charge in [-0.25, -0.2) is 0 Å². The minimum atomic E-state index is -0.583. The lowest BCUT2D eigenvalue weighted by Gasteiger charge is -2.44. The van der Waals surface area contributed by atoms with E-state index >= 15 is 0 Å². The molecule has 3 aliphatic rings. The minimum absolute atomic E-state index is 0.00264. The number of aliphatic carboxylic acids is 1. The van der Waals surface area contributed by atoms with Gasteiger partial charge in [-0.2, -0.15) is 0 Å². The smallest absolute Gasteiger partial charge is 0.312 e. The van der Waals surface area contributed by atoms with Crippen molar-refractivity contribution in [3.63, 3.8) is 0 Å². The first kappa shape index (κ1) is 12.5. The largest absolute Gasteiger partial charge is 0.481 e. The molecule has 1 saturated carbocycles. The van der Waals surface area contributed by atoms with Crippen LogP contribution in [0.5, 0.6) is 0 Å². The molecular formula is C15H24O3. The van der Waals surface area contributed by atoms with E-state index in [-0.39, 0.29) is 12.2 Å². The van der Waals surface area contributed by atoms with Gasteiger partial charge in [-0.3, -0.25) is 4.79 Å². The third-order valence-electron chi connectivity index (χ3n) is 5.74. The number of ether oxygens (including phenoxy) is 1. The fraction of sp³-hybridized carbons (Fsp3) is 0.933. The van der Waals surface area contributed by atoms with Crippen molar-refractivity contribution in [2.24, 2.45) is 17.3 Å². The second-order valence-electron chi connectivity index (χ2n) is 6.43. The molecule has 0 aromatic carbocycles. The molecular weight excluding hydrogens is 228 g/mol. The normalized spacial score (nSPS) is 47.4. The van der Waals surface area contributed by atoms with Gasteiger partial charge in [0.1, 0.15) is 0 Å². The molecule has 102 valence electrons. The molecule has 3 heteroatoms. The lowest BCUT2D eigenvalue weighted by molar-refractivity contribution is -0.160. The van der Waals surface area contributed by atoms with Crippen LogP contribution in [-0.4, -0.2) is 23.3 Å². The van der Waals surface area contributed by atoms with E-state index in [4.69, 9.17) is 4.74 Å². The van der Waals surface area contributed by atoms with E-state index in [9.17, 15) is 9.90 Å². The first-order valence-electron chi connectivity index (χ1n) is 7.57. The Hall–Kier alpha value is -0.570. The summed E-state index contributed by atoms with van der Waals surface area (Å²) in [7, 11) is 0. The van der Waals surface area contributed by atoms with E-state index in [2.05, 4.69) is 6.92 Å². The minimum Gasteiger partial charge on any atom is -0.481 e. The molecule has 0 aromatic rings. The van der Waals surface area contributed by atoms with E-state index in [0.717, 1.165) is 32.1 Å². The Labute approximate surface area is 109 Å². The van der Waals surface area contributed by atoms with E-state index in [0.29, 0.717) is 11.8 Å². The zero-order chi connectivity index (χ0) is 12.8. The van der Waals surface area contributed by atoms with Crippen LogP contribution < -0.4 is 0 Å². The average Bonchev–Trinajstić information content (AvgIpc) is 2.99. The van der Waals surface area contributed by atoms with Crippen LogP contribution in [0.2, 0.25) is 0 Å². The Balaban J connectivity index is 1.92. The highest BCUT2D eigenvalue weighted by atomic mass is 16.5. The van der Waals surface area contributed by atoms with Crippen molar-refractivity contribution in [3.8, 4) is 0 Å². The molecule has 5 unspecified atom stereocenters. The fourth-order valence-electron chi connectivity index (χ4n) is 4.89. The van der Waals surface area contributed by atoms with Gasteiger partial charge < -0.3 is 9.84 Å². The van der Waals surface area contributed by atoms with Gasteiger partial charge in [0.2, 0.25) is 0 Å². The Morgan fingerprint density at radius 3 is 2.61 bits per heavy atom. The maximum absolute atomic E-state index is 12.0. The average molecular weight is 252 g/mol. The van der Waals surface area contributed by atoms with E-state index < -0.39 is 11.4 Å². The van der Waals surface area contributed by atoms with Gasteiger partial charge in [0.15, 0.2) is 0 Å². The molecule has 1 N–H and O–H groups in total. The Bertz CT molecular complexity index is 341. The van der Waals surface area contributed by atoms with Gasteiger partial charge in [0, 0.05) is 0 Å². The summed E-state index contributed by atoms with van der Waals surface area (Å²) in [5.41, 5.74) is -0.552. The topological polar surface area (TPSA) is 46.5 Å². The predicted octanol–water partition coefficient (Wildman–Crippen LogP) is 3.23. The third kappa shape index (κ3) is 1.63. The van der Waals surface area contributed by atoms with E-state index in [1.165, 1.54) is 19.3 Å². The first-order chi connectivity index (χ1) is 8.68. The van der Waals surface area contributed by atoms with Crippen LogP contribution in [0.1, 0.15) is 58.3 Å². The van der Waals surface area contributed by atoms with Crippen LogP contribution in [0.3, 0.4) is 0 Å². The summed E-state index contributed by atoms with van der Waals surface area (Å²) in [6, 6.07) is 0. The van der Waals surface area contributed by atoms with Crippen molar-refractivity contribution in [2.45, 2.75) is 70.5 Å². The molecule has 0 amide bonds. The van der Waals surface area contributed by atoms with Crippen LogP contribution in [0.15, 0.2) is 0 Å². The third-order valence-corrected chi connectivity index (χ3v) is 5.74. The molecule has 2 bridgehead atoms. The lowest BCUT2D eigenvalue weighted by Crippen LogP contribution is -2.49. The summed E-state index contributed by atoms with van der Waals surface area (Å²) in [4.78, 5) is 12.0. The van der Waals surface area contributed by atoms with Crippen LogP contribution in [0.4, 0.5) is 0 Å². The van der Waals surface area contributed by atoms with Gasteiger partial charge in [-0.15, -0.1) is 0 Å². The fourth-order valence-corrected chi connectivity index (χ4v) is 4.89. The highest BCUT2D eigenvalue weighted by molar-refractivity contribution is 5.77. The van der Waals surface area contributed by atoms with Gasteiger partial charge >= 0.3 is 5.97 Å². The van der Waals surface area contributed by atoms with Crippen LogP contribution in [0, 0.1) is 17.3 Å². The van der Waals surface area contributed by atoms with Crippen molar-refractivity contribution in [1.29, 1.82) is 0 Å². The predicted molar refractivity (Wildman–Crippen MR) is 68.3 cm³/mol. The highest BCUT2D eigenvalue weighted by Crippen LogP contribution is 2.57.